The van der Waals surface area contributed by atoms with Crippen LogP contribution in [0.1, 0.15) is 36.6 Å². The van der Waals surface area contributed by atoms with Crippen molar-refractivity contribution in [2.24, 2.45) is 0 Å². The first-order valence-corrected chi connectivity index (χ1v) is 9.47. The van der Waals surface area contributed by atoms with E-state index in [0.717, 1.165) is 34.4 Å². The van der Waals surface area contributed by atoms with Crippen LogP contribution in [0.15, 0.2) is 59.4 Å². The second-order valence-electron chi connectivity index (χ2n) is 7.00. The Morgan fingerprint density at radius 2 is 1.86 bits per heavy atom. The molecule has 0 saturated heterocycles. The number of amides is 1. The van der Waals surface area contributed by atoms with E-state index in [0.29, 0.717) is 5.69 Å². The van der Waals surface area contributed by atoms with E-state index in [2.05, 4.69) is 10.4 Å². The number of rotatable bonds is 5. The van der Waals surface area contributed by atoms with Crippen LogP contribution in [0.25, 0.3) is 11.3 Å². The largest absolute Gasteiger partial charge is 0.324 e. The highest BCUT2D eigenvalue weighted by Crippen LogP contribution is 2.22. The molecule has 0 spiro atoms. The molecule has 0 aliphatic heterocycles. The molecule has 1 amide bonds. The van der Waals surface area contributed by atoms with E-state index in [1.807, 2.05) is 63.2 Å². The molecule has 0 radical (unpaired) electrons. The molecule has 3 aromatic rings. The predicted molar refractivity (Wildman–Crippen MR) is 113 cm³/mol. The number of carbonyl (C=O) groups is 1. The van der Waals surface area contributed by atoms with Crippen molar-refractivity contribution < 1.29 is 4.79 Å². The molecule has 1 heterocycles. The molecule has 0 aliphatic carbocycles. The van der Waals surface area contributed by atoms with Gasteiger partial charge in [0.25, 0.3) is 5.56 Å². The molecule has 5 nitrogen and oxygen atoms in total. The van der Waals surface area contributed by atoms with Crippen molar-refractivity contribution in [2.45, 2.75) is 40.2 Å². The fourth-order valence-corrected chi connectivity index (χ4v) is 3.16. The highest BCUT2D eigenvalue weighted by Gasteiger charge is 2.19. The number of nitrogens with one attached hydrogen (secondary N) is 1. The van der Waals surface area contributed by atoms with Crippen LogP contribution in [0.5, 0.6) is 0 Å². The summed E-state index contributed by atoms with van der Waals surface area (Å²) in [5.74, 6) is -0.270. The van der Waals surface area contributed by atoms with Gasteiger partial charge in [-0.3, -0.25) is 9.59 Å². The van der Waals surface area contributed by atoms with Crippen molar-refractivity contribution in [3.8, 4) is 11.3 Å². The smallest absolute Gasteiger partial charge is 0.267 e. The summed E-state index contributed by atoms with van der Waals surface area (Å²) >= 11 is 0. The van der Waals surface area contributed by atoms with E-state index >= 15 is 0 Å². The fraction of sp³-hybridized carbons (Fsp3) is 0.261. The van der Waals surface area contributed by atoms with E-state index < -0.39 is 6.04 Å². The van der Waals surface area contributed by atoms with E-state index in [1.54, 1.807) is 13.0 Å². The van der Waals surface area contributed by atoms with E-state index in [-0.39, 0.29) is 11.5 Å². The molecule has 5 heteroatoms. The summed E-state index contributed by atoms with van der Waals surface area (Å²) in [6.07, 6.45) is 0.811. The molecular formula is C23H25N3O2. The molecule has 0 fully saturated rings. The average molecular weight is 375 g/mol. The van der Waals surface area contributed by atoms with Gasteiger partial charge in [-0.15, -0.1) is 0 Å². The predicted octanol–water partition coefficient (Wildman–Crippen LogP) is 4.29. The van der Waals surface area contributed by atoms with E-state index in [9.17, 15) is 9.59 Å². The average Bonchev–Trinajstić information content (AvgIpc) is 2.70. The minimum atomic E-state index is -0.734. The monoisotopic (exact) mass is 375 g/mol. The molecule has 2 aromatic carbocycles. The number of aryl methyl sites for hydroxylation is 3. The molecule has 3 rings (SSSR count). The van der Waals surface area contributed by atoms with Gasteiger partial charge in [-0.2, -0.15) is 5.10 Å². The number of hydrogen-bond acceptors (Lipinski definition) is 3. The Bertz CT molecular complexity index is 1070. The molecule has 28 heavy (non-hydrogen) atoms. The zero-order valence-electron chi connectivity index (χ0n) is 16.7. The van der Waals surface area contributed by atoms with Crippen LogP contribution in [0.4, 0.5) is 5.69 Å². The third-order valence-corrected chi connectivity index (χ3v) is 4.90. The second-order valence-corrected chi connectivity index (χ2v) is 7.00. The fourth-order valence-electron chi connectivity index (χ4n) is 3.16. The first-order chi connectivity index (χ1) is 13.4. The van der Waals surface area contributed by atoms with Gasteiger partial charge in [0, 0.05) is 17.3 Å². The maximum atomic E-state index is 12.8. The third-order valence-electron chi connectivity index (χ3n) is 4.90. The van der Waals surface area contributed by atoms with Crippen LogP contribution in [0.2, 0.25) is 0 Å². The topological polar surface area (TPSA) is 64.0 Å². The molecule has 1 aromatic heterocycles. The lowest BCUT2D eigenvalue weighted by Crippen LogP contribution is -2.33. The highest BCUT2D eigenvalue weighted by molar-refractivity contribution is 5.94. The Kier molecular flexibility index (Phi) is 5.73. The van der Waals surface area contributed by atoms with Gasteiger partial charge < -0.3 is 5.32 Å². The van der Waals surface area contributed by atoms with Crippen LogP contribution in [-0.2, 0) is 11.2 Å². The molecule has 1 atom stereocenters. The van der Waals surface area contributed by atoms with Gasteiger partial charge in [-0.25, -0.2) is 4.68 Å². The van der Waals surface area contributed by atoms with Crippen LogP contribution >= 0.6 is 0 Å². The minimum Gasteiger partial charge on any atom is -0.324 e. The van der Waals surface area contributed by atoms with Crippen LogP contribution in [0, 0.1) is 13.8 Å². The Balaban J connectivity index is 1.93. The molecular weight excluding hydrogens is 350 g/mol. The number of carbonyl (C=O) groups excluding carboxylic acids is 1. The summed E-state index contributed by atoms with van der Waals surface area (Å²) in [5, 5.41) is 7.42. The van der Waals surface area contributed by atoms with E-state index in [4.69, 9.17) is 0 Å². The molecule has 1 N–H and O–H groups in total. The lowest BCUT2D eigenvalue weighted by molar-refractivity contribution is -0.119. The number of nitrogens with zero attached hydrogens (tertiary/aromatic N) is 2. The first-order valence-electron chi connectivity index (χ1n) is 9.47. The van der Waals surface area contributed by atoms with Gasteiger partial charge >= 0.3 is 0 Å². The second kappa shape index (κ2) is 8.21. The Morgan fingerprint density at radius 3 is 2.61 bits per heavy atom. The van der Waals surface area contributed by atoms with Gasteiger partial charge in [0.05, 0.1) is 5.69 Å². The van der Waals surface area contributed by atoms with Gasteiger partial charge in [0.15, 0.2) is 0 Å². The Morgan fingerprint density at radius 1 is 1.11 bits per heavy atom. The normalized spacial score (nSPS) is 11.9. The van der Waals surface area contributed by atoms with Crippen molar-refractivity contribution in [3.63, 3.8) is 0 Å². The lowest BCUT2D eigenvalue weighted by atomic mass is 10.0. The van der Waals surface area contributed by atoms with Gasteiger partial charge in [0.1, 0.15) is 6.04 Å². The lowest BCUT2D eigenvalue weighted by Gasteiger charge is -2.17. The standard InChI is InChI=1S/C23H25N3O2/c1-5-18-8-6-7-9-20(18)24-23(28)17(4)26-22(27)13-12-21(25-26)19-14-15(2)10-11-16(19)3/h6-14,17H,5H2,1-4H3,(H,24,28)/t17-/m0/s1. The number of benzene rings is 2. The molecule has 144 valence electrons. The minimum absolute atomic E-state index is 0.270. The van der Waals surface area contributed by atoms with E-state index in [1.165, 1.54) is 10.7 Å². The summed E-state index contributed by atoms with van der Waals surface area (Å²) in [7, 11) is 0. The summed E-state index contributed by atoms with van der Waals surface area (Å²) < 4.78 is 1.25. The SMILES string of the molecule is CCc1ccccc1NC(=O)[C@H](C)n1nc(-c2cc(C)ccc2C)ccc1=O. The highest BCUT2D eigenvalue weighted by atomic mass is 16.2. The first kappa shape index (κ1) is 19.5. The van der Waals surface area contributed by atoms with Crippen molar-refractivity contribution >= 4 is 11.6 Å². The van der Waals surface area contributed by atoms with Gasteiger partial charge in [0.2, 0.25) is 5.91 Å². The zero-order valence-corrected chi connectivity index (χ0v) is 16.7. The maximum absolute atomic E-state index is 12.8. The quantitative estimate of drug-likeness (QED) is 0.723. The number of hydrogen-bond donors (Lipinski definition) is 1. The third kappa shape index (κ3) is 4.03. The van der Waals surface area contributed by atoms with Gasteiger partial charge in [-0.1, -0.05) is 42.8 Å². The zero-order chi connectivity index (χ0) is 20.3. The molecule has 0 unspecified atom stereocenters. The summed E-state index contributed by atoms with van der Waals surface area (Å²) in [5.41, 5.74) is 5.32. The molecule has 0 saturated carbocycles. The van der Waals surface area contributed by atoms with Gasteiger partial charge in [-0.05, 0) is 56.5 Å². The van der Waals surface area contributed by atoms with Crippen molar-refractivity contribution in [2.75, 3.05) is 5.32 Å². The summed E-state index contributed by atoms with van der Waals surface area (Å²) in [4.78, 5) is 25.2. The van der Waals surface area contributed by atoms with Crippen molar-refractivity contribution in [3.05, 3.63) is 81.6 Å². The summed E-state index contributed by atoms with van der Waals surface area (Å²) in [6, 6.07) is 16.2. The molecule has 0 aliphatic rings. The van der Waals surface area contributed by atoms with Crippen LogP contribution < -0.4 is 10.9 Å². The number of para-hydroxylation sites is 1. The Labute approximate surface area is 165 Å². The summed E-state index contributed by atoms with van der Waals surface area (Å²) in [6.45, 7) is 7.74. The number of anilines is 1. The van der Waals surface area contributed by atoms with Crippen LogP contribution in [-0.4, -0.2) is 15.7 Å². The Hall–Kier alpha value is -3.21. The van der Waals surface area contributed by atoms with Crippen molar-refractivity contribution in [1.82, 2.24) is 9.78 Å². The maximum Gasteiger partial charge on any atom is 0.267 e. The molecule has 0 bridgehead atoms. The van der Waals surface area contributed by atoms with Crippen molar-refractivity contribution in [1.29, 1.82) is 0 Å². The van der Waals surface area contributed by atoms with Crippen LogP contribution in [0.3, 0.4) is 0 Å². The number of aromatic nitrogens is 2.